The maximum absolute atomic E-state index is 13.5. The van der Waals surface area contributed by atoms with Crippen LogP contribution >= 0.6 is 11.6 Å². The maximum Gasteiger partial charge on any atom is 0.417 e. The second-order valence-electron chi connectivity index (χ2n) is 8.44. The van der Waals surface area contributed by atoms with Gasteiger partial charge in [-0.1, -0.05) is 29.8 Å². The SMILES string of the molecule is CN(C)S(=O)(=O)c1ccc(OCCNC(=O)CN(c2ccc(Cl)c(C(F)(F)F)c2)S(=O)(=O)c2ccccc2)cc1. The van der Waals surface area contributed by atoms with E-state index in [1.807, 2.05) is 0 Å². The molecule has 0 aromatic heterocycles. The Kier molecular flexibility index (Phi) is 9.72. The highest BCUT2D eigenvalue weighted by atomic mass is 35.5. The molecule has 0 fully saturated rings. The largest absolute Gasteiger partial charge is 0.492 e. The van der Waals surface area contributed by atoms with Crippen molar-refractivity contribution in [2.24, 2.45) is 0 Å². The van der Waals surface area contributed by atoms with Crippen molar-refractivity contribution in [3.8, 4) is 5.75 Å². The second kappa shape index (κ2) is 12.5. The molecule has 3 aromatic carbocycles. The van der Waals surface area contributed by atoms with E-state index in [-0.39, 0.29) is 22.9 Å². The molecule has 0 heterocycles. The number of nitrogens with zero attached hydrogens (tertiary/aromatic N) is 2. The van der Waals surface area contributed by atoms with Gasteiger partial charge in [-0.15, -0.1) is 0 Å². The van der Waals surface area contributed by atoms with E-state index in [4.69, 9.17) is 16.3 Å². The van der Waals surface area contributed by atoms with Gasteiger partial charge in [-0.2, -0.15) is 13.2 Å². The molecule has 3 aromatic rings. The summed E-state index contributed by atoms with van der Waals surface area (Å²) in [5.41, 5.74) is -1.65. The van der Waals surface area contributed by atoms with Crippen LogP contribution in [0.15, 0.2) is 82.6 Å². The van der Waals surface area contributed by atoms with E-state index < -0.39 is 54.9 Å². The number of alkyl halides is 3. The lowest BCUT2D eigenvalue weighted by atomic mass is 10.2. The van der Waals surface area contributed by atoms with Crippen molar-refractivity contribution in [3.05, 3.63) is 83.4 Å². The van der Waals surface area contributed by atoms with Crippen LogP contribution in [-0.4, -0.2) is 60.8 Å². The van der Waals surface area contributed by atoms with Gasteiger partial charge in [-0.3, -0.25) is 9.10 Å². The number of ether oxygens (including phenoxy) is 1. The molecule has 0 saturated carbocycles. The summed E-state index contributed by atoms with van der Waals surface area (Å²) in [4.78, 5) is 12.5. The number of halogens is 4. The highest BCUT2D eigenvalue weighted by Gasteiger charge is 2.35. The highest BCUT2D eigenvalue weighted by Crippen LogP contribution is 2.38. The van der Waals surface area contributed by atoms with Crippen LogP contribution in [0.3, 0.4) is 0 Å². The molecule has 9 nitrogen and oxygen atoms in total. The third kappa shape index (κ3) is 7.44. The molecule has 0 atom stereocenters. The molecule has 3 rings (SSSR count). The van der Waals surface area contributed by atoms with Crippen LogP contribution in [-0.2, 0) is 31.0 Å². The molecule has 0 bridgehead atoms. The van der Waals surface area contributed by atoms with Crippen molar-refractivity contribution in [2.75, 3.05) is 38.1 Å². The normalized spacial score (nSPS) is 12.3. The molecule has 1 amide bonds. The van der Waals surface area contributed by atoms with Gasteiger partial charge in [-0.05, 0) is 54.6 Å². The minimum Gasteiger partial charge on any atom is -0.492 e. The van der Waals surface area contributed by atoms with E-state index in [1.54, 1.807) is 6.07 Å². The number of rotatable bonds is 11. The molecule has 0 saturated heterocycles. The molecule has 216 valence electrons. The number of hydrogen-bond acceptors (Lipinski definition) is 6. The van der Waals surface area contributed by atoms with Crippen molar-refractivity contribution in [1.82, 2.24) is 9.62 Å². The van der Waals surface area contributed by atoms with E-state index in [0.29, 0.717) is 16.1 Å². The number of benzene rings is 3. The van der Waals surface area contributed by atoms with Crippen LogP contribution < -0.4 is 14.4 Å². The standard InChI is InChI=1S/C25H25ClF3N3O6S2/c1-31(2)39(34,35)21-11-9-19(10-12-21)38-15-14-30-24(33)17-32(40(36,37)20-6-4-3-5-7-20)18-8-13-23(26)22(16-18)25(27,28)29/h3-13,16H,14-15,17H2,1-2H3,(H,30,33). The Morgan fingerprint density at radius 1 is 0.900 bits per heavy atom. The lowest BCUT2D eigenvalue weighted by molar-refractivity contribution is -0.137. The van der Waals surface area contributed by atoms with Gasteiger partial charge in [0, 0.05) is 14.1 Å². The fourth-order valence-corrected chi connectivity index (χ4v) is 5.94. The molecule has 15 heteroatoms. The first-order valence-electron chi connectivity index (χ1n) is 11.5. The summed E-state index contributed by atoms with van der Waals surface area (Å²) in [6, 6.07) is 15.1. The Morgan fingerprint density at radius 3 is 2.08 bits per heavy atom. The van der Waals surface area contributed by atoms with Gasteiger partial charge in [0.2, 0.25) is 15.9 Å². The predicted octanol–water partition coefficient (Wildman–Crippen LogP) is 4.00. The lowest BCUT2D eigenvalue weighted by Crippen LogP contribution is -2.42. The topological polar surface area (TPSA) is 113 Å². The Hall–Kier alpha value is -3.33. The zero-order valence-corrected chi connectivity index (χ0v) is 23.6. The fraction of sp³-hybridized carbons (Fsp3) is 0.240. The predicted molar refractivity (Wildman–Crippen MR) is 143 cm³/mol. The van der Waals surface area contributed by atoms with Gasteiger partial charge < -0.3 is 10.1 Å². The number of sulfonamides is 2. The molecular formula is C25H25ClF3N3O6S2. The Labute approximate surface area is 235 Å². The molecule has 0 spiro atoms. The minimum atomic E-state index is -4.86. The van der Waals surface area contributed by atoms with E-state index in [0.717, 1.165) is 16.4 Å². The van der Waals surface area contributed by atoms with Crippen LogP contribution in [0.4, 0.5) is 18.9 Å². The molecule has 0 aliphatic carbocycles. The van der Waals surface area contributed by atoms with Crippen LogP contribution in [0.5, 0.6) is 5.75 Å². The molecule has 0 radical (unpaired) electrons. The summed E-state index contributed by atoms with van der Waals surface area (Å²) in [7, 11) is -5.26. The lowest BCUT2D eigenvalue weighted by Gasteiger charge is -2.25. The molecule has 40 heavy (non-hydrogen) atoms. The van der Waals surface area contributed by atoms with Crippen LogP contribution in [0.25, 0.3) is 0 Å². The van der Waals surface area contributed by atoms with Crippen molar-refractivity contribution < 1.29 is 39.5 Å². The molecule has 0 unspecified atom stereocenters. The number of hydrogen-bond donors (Lipinski definition) is 1. The minimum absolute atomic E-state index is 0.0594. The quantitative estimate of drug-likeness (QED) is 0.325. The average molecular weight is 620 g/mol. The summed E-state index contributed by atoms with van der Waals surface area (Å²) in [6.45, 7) is -0.965. The Bertz CT molecular complexity index is 1550. The maximum atomic E-state index is 13.5. The molecule has 1 N–H and O–H groups in total. The van der Waals surface area contributed by atoms with Crippen molar-refractivity contribution in [3.63, 3.8) is 0 Å². The van der Waals surface area contributed by atoms with E-state index >= 15 is 0 Å². The zero-order chi connectivity index (χ0) is 29.7. The van der Waals surface area contributed by atoms with Crippen LogP contribution in [0, 0.1) is 0 Å². The summed E-state index contributed by atoms with van der Waals surface area (Å²) >= 11 is 5.69. The first-order chi connectivity index (χ1) is 18.6. The van der Waals surface area contributed by atoms with E-state index in [1.165, 1.54) is 62.6 Å². The summed E-state index contributed by atoms with van der Waals surface area (Å²) in [5.74, 6) is -0.486. The first-order valence-corrected chi connectivity index (χ1v) is 14.8. The number of carbonyl (C=O) groups is 1. The first kappa shape index (κ1) is 31.2. The van der Waals surface area contributed by atoms with Gasteiger partial charge in [0.05, 0.1) is 32.6 Å². The van der Waals surface area contributed by atoms with Crippen molar-refractivity contribution >= 4 is 43.2 Å². The van der Waals surface area contributed by atoms with Crippen LogP contribution in [0.1, 0.15) is 5.56 Å². The number of carbonyl (C=O) groups excluding carboxylic acids is 1. The van der Waals surface area contributed by atoms with E-state index in [2.05, 4.69) is 5.32 Å². The summed E-state index contributed by atoms with van der Waals surface area (Å²) in [5, 5.41) is 1.84. The third-order valence-corrected chi connectivity index (χ3v) is 9.40. The van der Waals surface area contributed by atoms with Gasteiger partial charge in [0.15, 0.2) is 0 Å². The second-order valence-corrected chi connectivity index (χ2v) is 12.9. The fourth-order valence-electron chi connectivity index (χ4n) is 3.38. The monoisotopic (exact) mass is 619 g/mol. The van der Waals surface area contributed by atoms with Crippen LogP contribution in [0.2, 0.25) is 5.02 Å². The van der Waals surface area contributed by atoms with Crippen molar-refractivity contribution in [2.45, 2.75) is 16.0 Å². The average Bonchev–Trinajstić information content (AvgIpc) is 2.90. The Morgan fingerprint density at radius 2 is 1.50 bits per heavy atom. The third-order valence-electron chi connectivity index (χ3n) is 5.46. The van der Waals surface area contributed by atoms with Gasteiger partial charge >= 0.3 is 6.18 Å². The molecule has 0 aliphatic rings. The summed E-state index contributed by atoms with van der Waals surface area (Å²) < 4.78 is 98.4. The van der Waals surface area contributed by atoms with Gasteiger partial charge in [-0.25, -0.2) is 21.1 Å². The number of amides is 1. The van der Waals surface area contributed by atoms with E-state index in [9.17, 15) is 34.8 Å². The molecule has 0 aliphatic heterocycles. The number of nitrogens with one attached hydrogen (secondary N) is 1. The zero-order valence-electron chi connectivity index (χ0n) is 21.2. The molecular weight excluding hydrogens is 595 g/mol. The summed E-state index contributed by atoms with van der Waals surface area (Å²) in [6.07, 6.45) is -4.86. The van der Waals surface area contributed by atoms with Gasteiger partial charge in [0.25, 0.3) is 10.0 Å². The number of anilines is 1. The highest BCUT2D eigenvalue weighted by molar-refractivity contribution is 7.92. The smallest absolute Gasteiger partial charge is 0.417 e. The van der Waals surface area contributed by atoms with Crippen molar-refractivity contribution in [1.29, 1.82) is 0 Å². The Balaban J connectivity index is 1.73. The van der Waals surface area contributed by atoms with Gasteiger partial charge in [0.1, 0.15) is 18.9 Å².